The van der Waals surface area contributed by atoms with Crippen molar-refractivity contribution in [1.82, 2.24) is 4.90 Å². The van der Waals surface area contributed by atoms with Gasteiger partial charge in [-0.15, -0.1) is 0 Å². The lowest BCUT2D eigenvalue weighted by molar-refractivity contribution is 0.259. The minimum absolute atomic E-state index is 1.12. The van der Waals surface area contributed by atoms with Crippen molar-refractivity contribution >= 4 is 0 Å². The van der Waals surface area contributed by atoms with Crippen LogP contribution in [0.3, 0.4) is 0 Å². The molecule has 0 aliphatic rings. The maximum atomic E-state index is 2.64. The van der Waals surface area contributed by atoms with E-state index in [9.17, 15) is 0 Å². The van der Waals surface area contributed by atoms with Gasteiger partial charge in [0.05, 0.1) is 0 Å². The van der Waals surface area contributed by atoms with Gasteiger partial charge in [-0.2, -0.15) is 0 Å². The molecule has 0 heterocycles. The third-order valence-electron chi connectivity index (χ3n) is 6.12. The third-order valence-corrected chi connectivity index (χ3v) is 6.12. The lowest BCUT2D eigenvalue weighted by atomic mass is 10.0. The predicted molar refractivity (Wildman–Crippen MR) is 132 cm³/mol. The Morgan fingerprint density at radius 3 is 1.38 bits per heavy atom. The zero-order chi connectivity index (χ0) is 20.8. The zero-order valence-corrected chi connectivity index (χ0v) is 20.0. The average Bonchev–Trinajstić information content (AvgIpc) is 2.74. The van der Waals surface area contributed by atoms with E-state index in [4.69, 9.17) is 0 Å². The van der Waals surface area contributed by atoms with Gasteiger partial charge in [0.25, 0.3) is 0 Å². The van der Waals surface area contributed by atoms with Crippen LogP contribution in [0.5, 0.6) is 0 Å². The summed E-state index contributed by atoms with van der Waals surface area (Å²) in [6, 6.07) is 11.0. The first-order valence-electron chi connectivity index (χ1n) is 13.1. The van der Waals surface area contributed by atoms with E-state index in [2.05, 4.69) is 49.1 Å². The second-order valence-electron chi connectivity index (χ2n) is 9.07. The Bertz CT molecular complexity index is 427. The van der Waals surface area contributed by atoms with Gasteiger partial charge in [0.2, 0.25) is 0 Å². The van der Waals surface area contributed by atoms with E-state index in [1.54, 1.807) is 0 Å². The third kappa shape index (κ3) is 16.6. The molecule has 0 aliphatic heterocycles. The molecule has 29 heavy (non-hydrogen) atoms. The first kappa shape index (κ1) is 26.2. The Morgan fingerprint density at radius 1 is 0.483 bits per heavy atom. The zero-order valence-electron chi connectivity index (χ0n) is 20.0. The van der Waals surface area contributed by atoms with Gasteiger partial charge in [0.1, 0.15) is 0 Å². The first-order valence-corrected chi connectivity index (χ1v) is 13.1. The number of unbranched alkanes of at least 4 members (excludes halogenated alkanes) is 15. The van der Waals surface area contributed by atoms with E-state index in [0.717, 1.165) is 6.54 Å². The van der Waals surface area contributed by atoms with Gasteiger partial charge in [-0.3, -0.25) is 4.90 Å². The lowest BCUT2D eigenvalue weighted by Crippen LogP contribution is -2.25. The molecule has 0 atom stereocenters. The fraction of sp³-hybridized carbons (Fsp3) is 0.786. The van der Waals surface area contributed by atoms with Crippen LogP contribution in [0.1, 0.15) is 129 Å². The number of nitrogens with zero attached hydrogens (tertiary/aromatic N) is 1. The standard InChI is InChI=1S/C28H51N/c1-3-5-6-7-8-9-10-11-12-13-14-15-16-17-18-22-26-29(25-4-2)27-28-23-20-19-21-24-28/h19-21,23-24H,3-18,22,25-27H2,1-2H3. The average molecular weight is 402 g/mol. The summed E-state index contributed by atoms with van der Waals surface area (Å²) in [6.07, 6.45) is 24.4. The highest BCUT2D eigenvalue weighted by atomic mass is 15.1. The molecule has 0 spiro atoms. The molecule has 1 aromatic carbocycles. The minimum atomic E-state index is 1.12. The Kier molecular flexibility index (Phi) is 18.5. The molecule has 0 fully saturated rings. The van der Waals surface area contributed by atoms with Gasteiger partial charge in [-0.05, 0) is 31.5 Å². The molecular formula is C28H51N. The Balaban J connectivity index is 1.86. The summed E-state index contributed by atoms with van der Waals surface area (Å²) >= 11 is 0. The van der Waals surface area contributed by atoms with E-state index < -0.39 is 0 Å². The van der Waals surface area contributed by atoms with Crippen LogP contribution >= 0.6 is 0 Å². The molecule has 0 amide bonds. The fourth-order valence-electron chi connectivity index (χ4n) is 4.31. The quantitative estimate of drug-likeness (QED) is 0.186. The van der Waals surface area contributed by atoms with Crippen molar-refractivity contribution in [2.45, 2.75) is 130 Å². The highest BCUT2D eigenvalue weighted by Crippen LogP contribution is 2.14. The molecule has 0 radical (unpaired) electrons. The maximum Gasteiger partial charge on any atom is 0.0233 e. The summed E-state index contributed by atoms with van der Waals surface area (Å²) in [7, 11) is 0. The highest BCUT2D eigenvalue weighted by Gasteiger charge is 2.04. The highest BCUT2D eigenvalue weighted by molar-refractivity contribution is 5.14. The van der Waals surface area contributed by atoms with E-state index in [1.165, 1.54) is 128 Å². The summed E-state index contributed by atoms with van der Waals surface area (Å²) in [5.41, 5.74) is 1.46. The van der Waals surface area contributed by atoms with Crippen LogP contribution in [0.2, 0.25) is 0 Å². The summed E-state index contributed by atoms with van der Waals surface area (Å²) in [5, 5.41) is 0. The van der Waals surface area contributed by atoms with Crippen LogP contribution in [0.15, 0.2) is 30.3 Å². The van der Waals surface area contributed by atoms with E-state index >= 15 is 0 Å². The normalized spacial score (nSPS) is 11.4. The van der Waals surface area contributed by atoms with Crippen molar-refractivity contribution in [2.75, 3.05) is 13.1 Å². The molecule has 0 saturated carbocycles. The van der Waals surface area contributed by atoms with Gasteiger partial charge in [0.15, 0.2) is 0 Å². The van der Waals surface area contributed by atoms with E-state index in [0.29, 0.717) is 0 Å². The molecule has 1 rings (SSSR count). The number of hydrogen-bond donors (Lipinski definition) is 0. The molecule has 0 aromatic heterocycles. The van der Waals surface area contributed by atoms with Gasteiger partial charge < -0.3 is 0 Å². The number of rotatable bonds is 21. The largest absolute Gasteiger partial charge is 0.299 e. The van der Waals surface area contributed by atoms with Crippen molar-refractivity contribution in [2.24, 2.45) is 0 Å². The van der Waals surface area contributed by atoms with E-state index in [1.807, 2.05) is 0 Å². The Hall–Kier alpha value is -0.820. The predicted octanol–water partition coefficient (Wildman–Crippen LogP) is 9.16. The van der Waals surface area contributed by atoms with Gasteiger partial charge in [-0.1, -0.05) is 140 Å². The van der Waals surface area contributed by atoms with Crippen LogP contribution in [0, 0.1) is 0 Å². The maximum absolute atomic E-state index is 2.64. The summed E-state index contributed by atoms with van der Waals surface area (Å²) < 4.78 is 0. The molecule has 1 nitrogen and oxygen atoms in total. The van der Waals surface area contributed by atoms with Crippen LogP contribution in [0.25, 0.3) is 0 Å². The van der Waals surface area contributed by atoms with Crippen molar-refractivity contribution in [1.29, 1.82) is 0 Å². The molecule has 0 N–H and O–H groups in total. The van der Waals surface area contributed by atoms with Crippen molar-refractivity contribution < 1.29 is 0 Å². The SMILES string of the molecule is CCCCCCCCCCCCCCCCCCN(CCC)Cc1ccccc1. The lowest BCUT2D eigenvalue weighted by Gasteiger charge is -2.21. The topological polar surface area (TPSA) is 3.24 Å². The monoisotopic (exact) mass is 401 g/mol. The van der Waals surface area contributed by atoms with Crippen molar-refractivity contribution in [3.63, 3.8) is 0 Å². The molecular weight excluding hydrogens is 350 g/mol. The summed E-state index contributed by atoms with van der Waals surface area (Å²) in [5.74, 6) is 0. The molecule has 1 aromatic rings. The summed E-state index contributed by atoms with van der Waals surface area (Å²) in [4.78, 5) is 2.64. The van der Waals surface area contributed by atoms with Crippen molar-refractivity contribution in [3.05, 3.63) is 35.9 Å². The Morgan fingerprint density at radius 2 is 0.931 bits per heavy atom. The first-order chi connectivity index (χ1) is 14.4. The number of benzene rings is 1. The second kappa shape index (κ2) is 20.5. The summed E-state index contributed by atoms with van der Waals surface area (Å²) in [6.45, 7) is 8.21. The van der Waals surface area contributed by atoms with Crippen LogP contribution < -0.4 is 0 Å². The molecule has 0 unspecified atom stereocenters. The second-order valence-corrected chi connectivity index (χ2v) is 9.07. The van der Waals surface area contributed by atoms with Gasteiger partial charge >= 0.3 is 0 Å². The smallest absolute Gasteiger partial charge is 0.0233 e. The Labute approximate surface area is 183 Å². The van der Waals surface area contributed by atoms with Crippen LogP contribution in [-0.4, -0.2) is 18.0 Å². The molecule has 168 valence electrons. The fourth-order valence-corrected chi connectivity index (χ4v) is 4.31. The molecule has 1 heteroatoms. The molecule has 0 bridgehead atoms. The van der Waals surface area contributed by atoms with Crippen molar-refractivity contribution in [3.8, 4) is 0 Å². The van der Waals surface area contributed by atoms with Crippen LogP contribution in [0.4, 0.5) is 0 Å². The van der Waals surface area contributed by atoms with E-state index in [-0.39, 0.29) is 0 Å². The van der Waals surface area contributed by atoms with Gasteiger partial charge in [-0.25, -0.2) is 0 Å². The number of hydrogen-bond acceptors (Lipinski definition) is 1. The molecule has 0 saturated heterocycles. The van der Waals surface area contributed by atoms with Crippen LogP contribution in [-0.2, 0) is 6.54 Å². The molecule has 0 aliphatic carbocycles. The van der Waals surface area contributed by atoms with Gasteiger partial charge in [0, 0.05) is 6.54 Å². The minimum Gasteiger partial charge on any atom is -0.299 e.